The van der Waals surface area contributed by atoms with E-state index in [1.807, 2.05) is 6.07 Å². The van der Waals surface area contributed by atoms with Crippen LogP contribution in [-0.2, 0) is 10.0 Å². The number of sulfonamides is 1. The normalized spacial score (nSPS) is 36.5. The van der Waals surface area contributed by atoms with E-state index in [2.05, 4.69) is 10.3 Å². The molecule has 0 atom stereocenters. The van der Waals surface area contributed by atoms with Crippen molar-refractivity contribution in [2.45, 2.75) is 56.3 Å². The van der Waals surface area contributed by atoms with Crippen molar-refractivity contribution in [3.05, 3.63) is 18.3 Å². The van der Waals surface area contributed by atoms with Crippen molar-refractivity contribution in [2.24, 2.45) is 23.2 Å². The minimum atomic E-state index is -3.36. The lowest BCUT2D eigenvalue weighted by Crippen LogP contribution is -2.49. The molecule has 1 N–H and O–H groups in total. The van der Waals surface area contributed by atoms with Crippen LogP contribution >= 0.6 is 0 Å². The molecule has 5 aliphatic rings. The van der Waals surface area contributed by atoms with E-state index in [9.17, 15) is 8.42 Å². The predicted molar refractivity (Wildman–Crippen MR) is 101 cm³/mol. The van der Waals surface area contributed by atoms with Gasteiger partial charge in [0.1, 0.15) is 10.7 Å². The third-order valence-electron chi connectivity index (χ3n) is 7.25. The van der Waals surface area contributed by atoms with Crippen LogP contribution in [0.25, 0.3) is 0 Å². The lowest BCUT2D eigenvalue weighted by atomic mass is 9.49. The summed E-state index contributed by atoms with van der Waals surface area (Å²) in [4.78, 5) is 4.74. The largest absolute Gasteiger partial charge is 0.370 e. The molecule has 4 saturated carbocycles. The number of pyridine rings is 1. The van der Waals surface area contributed by atoms with Gasteiger partial charge in [-0.1, -0.05) is 0 Å². The first-order valence-corrected chi connectivity index (χ1v) is 11.7. The van der Waals surface area contributed by atoms with E-state index in [0.29, 0.717) is 23.4 Å². The molecule has 6 heteroatoms. The first kappa shape index (κ1) is 17.0. The van der Waals surface area contributed by atoms with Gasteiger partial charge >= 0.3 is 0 Å². The molecule has 5 nitrogen and oxygen atoms in total. The molecule has 1 aromatic heterocycles. The van der Waals surface area contributed by atoms with E-state index >= 15 is 0 Å². The minimum absolute atomic E-state index is 0.319. The van der Waals surface area contributed by atoms with Gasteiger partial charge in [-0.05, 0) is 86.7 Å². The maximum atomic E-state index is 12.6. The molecule has 5 fully saturated rings. The lowest BCUT2D eigenvalue weighted by Gasteiger charge is -2.57. The summed E-state index contributed by atoms with van der Waals surface area (Å²) in [5.41, 5.74) is 0.455. The van der Waals surface area contributed by atoms with Crippen LogP contribution in [-0.4, -0.2) is 37.3 Å². The summed E-state index contributed by atoms with van der Waals surface area (Å²) in [6.45, 7) is 2.25. The van der Waals surface area contributed by atoms with Crippen molar-refractivity contribution in [2.75, 3.05) is 25.0 Å². The Labute approximate surface area is 156 Å². The number of aromatic nitrogens is 1. The second kappa shape index (κ2) is 6.20. The molecule has 1 saturated heterocycles. The van der Waals surface area contributed by atoms with E-state index < -0.39 is 10.0 Å². The first-order valence-electron chi connectivity index (χ1n) is 10.2. The summed E-state index contributed by atoms with van der Waals surface area (Å²) in [6, 6.07) is 3.55. The van der Waals surface area contributed by atoms with Gasteiger partial charge in [-0.25, -0.2) is 13.4 Å². The fourth-order valence-electron chi connectivity index (χ4n) is 6.50. The first-order chi connectivity index (χ1) is 12.5. The Hall–Kier alpha value is -1.14. The van der Waals surface area contributed by atoms with Crippen molar-refractivity contribution >= 4 is 15.8 Å². The van der Waals surface area contributed by atoms with E-state index in [1.54, 1.807) is 10.4 Å². The van der Waals surface area contributed by atoms with Crippen molar-refractivity contribution in [1.29, 1.82) is 0 Å². The number of hydrogen-bond acceptors (Lipinski definition) is 4. The molecule has 1 aromatic rings. The van der Waals surface area contributed by atoms with Crippen LogP contribution < -0.4 is 5.32 Å². The summed E-state index contributed by atoms with van der Waals surface area (Å²) >= 11 is 0. The van der Waals surface area contributed by atoms with Crippen molar-refractivity contribution in [3.8, 4) is 0 Å². The standard InChI is InChI=1S/C20H29N3O2S/c24-26(25,23-5-1-2-6-23)18-3-4-19(21-13-18)22-14-20-10-15-7-16(11-20)9-17(8-15)12-20/h3-4,13,15-17H,1-2,5-12,14H2,(H,21,22). The molecule has 4 bridgehead atoms. The lowest BCUT2D eigenvalue weighted by molar-refractivity contribution is -0.0444. The van der Waals surface area contributed by atoms with Crippen molar-refractivity contribution < 1.29 is 8.42 Å². The maximum Gasteiger partial charge on any atom is 0.244 e. The molecule has 0 unspecified atom stereocenters. The van der Waals surface area contributed by atoms with Gasteiger partial charge in [0.25, 0.3) is 0 Å². The van der Waals surface area contributed by atoms with Gasteiger partial charge in [-0.2, -0.15) is 4.31 Å². The smallest absolute Gasteiger partial charge is 0.244 e. The summed E-state index contributed by atoms with van der Waals surface area (Å²) in [5.74, 6) is 3.65. The average molecular weight is 376 g/mol. The highest BCUT2D eigenvalue weighted by atomic mass is 32.2. The fourth-order valence-corrected chi connectivity index (χ4v) is 7.96. The maximum absolute atomic E-state index is 12.6. The van der Waals surface area contributed by atoms with Gasteiger partial charge in [-0.15, -0.1) is 0 Å². The highest BCUT2D eigenvalue weighted by molar-refractivity contribution is 7.89. The zero-order chi connectivity index (χ0) is 17.8. The highest BCUT2D eigenvalue weighted by Crippen LogP contribution is 2.59. The molecule has 0 spiro atoms. The Morgan fingerprint density at radius 2 is 1.65 bits per heavy atom. The number of rotatable bonds is 5. The van der Waals surface area contributed by atoms with Crippen LogP contribution in [0, 0.1) is 23.2 Å². The van der Waals surface area contributed by atoms with E-state index in [-0.39, 0.29) is 0 Å². The second-order valence-electron chi connectivity index (χ2n) is 9.26. The summed E-state index contributed by atoms with van der Waals surface area (Å²) in [6.07, 6.45) is 11.9. The van der Waals surface area contributed by atoms with Gasteiger partial charge in [0, 0.05) is 25.8 Å². The Bertz CT molecular complexity index is 733. The van der Waals surface area contributed by atoms with E-state index in [0.717, 1.165) is 43.0 Å². The molecule has 6 rings (SSSR count). The van der Waals surface area contributed by atoms with Gasteiger partial charge in [0.2, 0.25) is 10.0 Å². The molecule has 26 heavy (non-hydrogen) atoms. The third kappa shape index (κ3) is 2.95. The van der Waals surface area contributed by atoms with Gasteiger partial charge in [-0.3, -0.25) is 0 Å². The Kier molecular flexibility index (Phi) is 4.05. The van der Waals surface area contributed by atoms with Crippen molar-refractivity contribution in [1.82, 2.24) is 9.29 Å². The Morgan fingerprint density at radius 1 is 1.04 bits per heavy atom. The number of nitrogens with one attached hydrogen (secondary N) is 1. The van der Waals surface area contributed by atoms with E-state index in [1.165, 1.54) is 44.7 Å². The average Bonchev–Trinajstić information content (AvgIpc) is 3.15. The molecule has 4 aliphatic carbocycles. The minimum Gasteiger partial charge on any atom is -0.370 e. The van der Waals surface area contributed by atoms with Crippen molar-refractivity contribution in [3.63, 3.8) is 0 Å². The topological polar surface area (TPSA) is 62.3 Å². The molecular formula is C20H29N3O2S. The van der Waals surface area contributed by atoms with Crippen LogP contribution in [0.5, 0.6) is 0 Å². The molecule has 1 aliphatic heterocycles. The second-order valence-corrected chi connectivity index (χ2v) is 11.2. The number of nitrogens with zero attached hydrogens (tertiary/aromatic N) is 2. The van der Waals surface area contributed by atoms with Gasteiger partial charge in [0.05, 0.1) is 0 Å². The van der Waals surface area contributed by atoms with Crippen LogP contribution in [0.2, 0.25) is 0 Å². The Morgan fingerprint density at radius 3 is 2.19 bits per heavy atom. The summed E-state index contributed by atoms with van der Waals surface area (Å²) < 4.78 is 26.8. The Balaban J connectivity index is 1.26. The van der Waals surface area contributed by atoms with Crippen LogP contribution in [0.1, 0.15) is 51.4 Å². The summed E-state index contributed by atoms with van der Waals surface area (Å²) in [7, 11) is -3.36. The highest BCUT2D eigenvalue weighted by Gasteiger charge is 2.50. The fraction of sp³-hybridized carbons (Fsp3) is 0.750. The number of hydrogen-bond donors (Lipinski definition) is 1. The number of anilines is 1. The molecule has 0 amide bonds. The van der Waals surface area contributed by atoms with E-state index in [4.69, 9.17) is 0 Å². The van der Waals surface area contributed by atoms with Gasteiger partial charge < -0.3 is 5.32 Å². The predicted octanol–water partition coefficient (Wildman–Crippen LogP) is 3.49. The summed E-state index contributed by atoms with van der Waals surface area (Å²) in [5, 5.41) is 3.53. The molecule has 142 valence electrons. The third-order valence-corrected chi connectivity index (χ3v) is 9.13. The zero-order valence-corrected chi connectivity index (χ0v) is 16.2. The molecular weight excluding hydrogens is 346 g/mol. The van der Waals surface area contributed by atoms with Crippen LogP contribution in [0.15, 0.2) is 23.2 Å². The van der Waals surface area contributed by atoms with Crippen LogP contribution in [0.3, 0.4) is 0 Å². The molecule has 2 heterocycles. The molecule has 0 aromatic carbocycles. The monoisotopic (exact) mass is 375 g/mol. The quantitative estimate of drug-likeness (QED) is 0.856. The SMILES string of the molecule is O=S(=O)(c1ccc(NCC23CC4CC(CC(C4)C2)C3)nc1)N1CCCC1. The van der Waals surface area contributed by atoms with Crippen LogP contribution in [0.4, 0.5) is 5.82 Å². The molecule has 0 radical (unpaired) electrons. The van der Waals surface area contributed by atoms with Gasteiger partial charge in [0.15, 0.2) is 0 Å². The zero-order valence-electron chi connectivity index (χ0n) is 15.4.